The number of amides is 1. The van der Waals surface area contributed by atoms with Gasteiger partial charge in [0.2, 0.25) is 5.91 Å². The third-order valence-electron chi connectivity index (χ3n) is 2.89. The Morgan fingerprint density at radius 3 is 2.82 bits per heavy atom. The molecule has 2 rings (SSSR count). The van der Waals surface area contributed by atoms with E-state index in [1.807, 2.05) is 13.8 Å². The number of carbonyl (C=O) groups is 1. The Balaban J connectivity index is 0.00000116. The van der Waals surface area contributed by atoms with Crippen LogP contribution in [0.3, 0.4) is 0 Å². The van der Waals surface area contributed by atoms with Gasteiger partial charge in [0, 0.05) is 17.1 Å². The summed E-state index contributed by atoms with van der Waals surface area (Å²) in [5.41, 5.74) is 0.243. The maximum atomic E-state index is 11.7. The highest BCUT2D eigenvalue weighted by molar-refractivity contribution is 9.10. The van der Waals surface area contributed by atoms with Crippen molar-refractivity contribution in [2.24, 2.45) is 0 Å². The van der Waals surface area contributed by atoms with Crippen LogP contribution >= 0.6 is 15.9 Å². The number of anilines is 1. The molecular weight excluding hydrogens is 354 g/mol. The number of rotatable bonds is 5. The second kappa shape index (κ2) is 9.37. The van der Waals surface area contributed by atoms with E-state index in [1.165, 1.54) is 6.07 Å². The van der Waals surface area contributed by atoms with Crippen LogP contribution in [-0.2, 0) is 9.53 Å². The van der Waals surface area contributed by atoms with Gasteiger partial charge in [-0.25, -0.2) is 0 Å². The lowest BCUT2D eigenvalue weighted by atomic mass is 10.2. The average Bonchev–Trinajstić information content (AvgIpc) is 3.00. The van der Waals surface area contributed by atoms with Crippen molar-refractivity contribution in [1.82, 2.24) is 5.32 Å². The topological polar surface area (TPSA) is 93.5 Å². The van der Waals surface area contributed by atoms with Crippen LogP contribution < -0.4 is 10.6 Å². The molecule has 1 unspecified atom stereocenters. The summed E-state index contributed by atoms with van der Waals surface area (Å²) in [4.78, 5) is 22.1. The van der Waals surface area contributed by atoms with Gasteiger partial charge >= 0.3 is 0 Å². The summed E-state index contributed by atoms with van der Waals surface area (Å²) in [7, 11) is 0. The number of carbonyl (C=O) groups excluding carboxylic acids is 1. The molecule has 1 aliphatic rings. The fraction of sp³-hybridized carbons (Fsp3) is 0.500. The Morgan fingerprint density at radius 1 is 1.50 bits per heavy atom. The van der Waals surface area contributed by atoms with E-state index in [9.17, 15) is 14.9 Å². The zero-order valence-corrected chi connectivity index (χ0v) is 14.2. The van der Waals surface area contributed by atoms with Gasteiger partial charge in [0.1, 0.15) is 5.69 Å². The summed E-state index contributed by atoms with van der Waals surface area (Å²) >= 11 is 3.18. The van der Waals surface area contributed by atoms with Gasteiger partial charge in [-0.3, -0.25) is 14.9 Å². The van der Waals surface area contributed by atoms with Gasteiger partial charge in [-0.1, -0.05) is 29.8 Å². The van der Waals surface area contributed by atoms with Crippen molar-refractivity contribution in [1.29, 1.82) is 0 Å². The third kappa shape index (κ3) is 5.61. The number of halogens is 1. The SMILES string of the molecule is CC.O=C(CNc1ccc(Br)cc1[N+](=O)[O-])NC1CCOC1. The summed E-state index contributed by atoms with van der Waals surface area (Å²) < 4.78 is 5.77. The van der Waals surface area contributed by atoms with E-state index in [4.69, 9.17) is 4.74 Å². The molecule has 0 bridgehead atoms. The molecule has 1 aliphatic heterocycles. The summed E-state index contributed by atoms with van der Waals surface area (Å²) in [5.74, 6) is -0.210. The monoisotopic (exact) mass is 373 g/mol. The number of benzene rings is 1. The first-order valence-electron chi connectivity index (χ1n) is 7.11. The number of nitro benzene ring substituents is 1. The Labute approximate surface area is 137 Å². The minimum absolute atomic E-state index is 0.0149. The summed E-state index contributed by atoms with van der Waals surface area (Å²) in [6.07, 6.45) is 0.796. The van der Waals surface area contributed by atoms with E-state index in [1.54, 1.807) is 12.1 Å². The quantitative estimate of drug-likeness (QED) is 0.611. The molecule has 0 spiro atoms. The number of nitrogens with one attached hydrogen (secondary N) is 2. The van der Waals surface area contributed by atoms with Crippen LogP contribution in [0.25, 0.3) is 0 Å². The van der Waals surface area contributed by atoms with Crippen molar-refractivity contribution in [3.8, 4) is 0 Å². The van der Waals surface area contributed by atoms with E-state index in [-0.39, 0.29) is 24.2 Å². The summed E-state index contributed by atoms with van der Waals surface area (Å²) in [5, 5.41) is 16.5. The Morgan fingerprint density at radius 2 is 2.23 bits per heavy atom. The number of nitro groups is 1. The molecular formula is C14H20BrN3O4. The van der Waals surface area contributed by atoms with Crippen LogP contribution in [0, 0.1) is 10.1 Å². The van der Waals surface area contributed by atoms with Crippen LogP contribution in [0.5, 0.6) is 0 Å². The highest BCUT2D eigenvalue weighted by atomic mass is 79.9. The maximum Gasteiger partial charge on any atom is 0.293 e. The lowest BCUT2D eigenvalue weighted by Gasteiger charge is -2.12. The number of nitrogens with zero attached hydrogens (tertiary/aromatic N) is 1. The summed E-state index contributed by atoms with van der Waals surface area (Å²) in [6, 6.07) is 4.67. The molecule has 1 aromatic carbocycles. The predicted molar refractivity (Wildman–Crippen MR) is 88.0 cm³/mol. The zero-order valence-electron chi connectivity index (χ0n) is 12.6. The molecule has 1 heterocycles. The van der Waals surface area contributed by atoms with Crippen molar-refractivity contribution in [2.75, 3.05) is 25.1 Å². The minimum Gasteiger partial charge on any atom is -0.379 e. The summed E-state index contributed by atoms with van der Waals surface area (Å²) in [6.45, 7) is 5.15. The molecule has 1 aromatic rings. The fourth-order valence-electron chi connectivity index (χ4n) is 1.91. The molecule has 0 saturated carbocycles. The average molecular weight is 374 g/mol. The molecule has 1 atom stereocenters. The molecule has 1 amide bonds. The highest BCUT2D eigenvalue weighted by Crippen LogP contribution is 2.27. The standard InChI is InChI=1S/C12H14BrN3O4.C2H6/c13-8-1-2-10(11(5-8)16(18)19)14-6-12(17)15-9-3-4-20-7-9;1-2/h1-2,5,9,14H,3-4,6-7H2,(H,15,17);1-2H3. The van der Waals surface area contributed by atoms with E-state index in [0.29, 0.717) is 23.4 Å². The first-order chi connectivity index (χ1) is 10.6. The lowest BCUT2D eigenvalue weighted by molar-refractivity contribution is -0.384. The third-order valence-corrected chi connectivity index (χ3v) is 3.38. The van der Waals surface area contributed by atoms with Crippen LogP contribution in [0.1, 0.15) is 20.3 Å². The molecule has 1 saturated heterocycles. The number of ether oxygens (including phenoxy) is 1. The molecule has 0 aromatic heterocycles. The van der Waals surface area contributed by atoms with Gasteiger partial charge in [-0.05, 0) is 18.6 Å². The van der Waals surface area contributed by atoms with Gasteiger partial charge in [-0.2, -0.15) is 0 Å². The second-order valence-corrected chi connectivity index (χ2v) is 5.32. The molecule has 1 fully saturated rings. The van der Waals surface area contributed by atoms with Crippen molar-refractivity contribution in [3.05, 3.63) is 32.8 Å². The molecule has 0 radical (unpaired) electrons. The first-order valence-corrected chi connectivity index (χ1v) is 7.90. The van der Waals surface area contributed by atoms with Crippen molar-refractivity contribution >= 4 is 33.2 Å². The van der Waals surface area contributed by atoms with Crippen molar-refractivity contribution in [2.45, 2.75) is 26.3 Å². The second-order valence-electron chi connectivity index (χ2n) is 4.40. The van der Waals surface area contributed by atoms with Gasteiger partial charge in [0.05, 0.1) is 24.1 Å². The van der Waals surface area contributed by atoms with Crippen LogP contribution in [0.15, 0.2) is 22.7 Å². The maximum absolute atomic E-state index is 11.7. The number of hydrogen-bond acceptors (Lipinski definition) is 5. The molecule has 0 aliphatic carbocycles. The molecule has 8 heteroatoms. The first kappa shape index (κ1) is 18.4. The smallest absolute Gasteiger partial charge is 0.293 e. The molecule has 7 nitrogen and oxygen atoms in total. The van der Waals surface area contributed by atoms with Gasteiger partial charge in [-0.15, -0.1) is 0 Å². The largest absolute Gasteiger partial charge is 0.379 e. The van der Waals surface area contributed by atoms with E-state index in [2.05, 4.69) is 26.6 Å². The van der Waals surface area contributed by atoms with Crippen LogP contribution in [-0.4, -0.2) is 36.6 Å². The Kier molecular flexibility index (Phi) is 7.83. The molecule has 22 heavy (non-hydrogen) atoms. The van der Waals surface area contributed by atoms with Gasteiger partial charge < -0.3 is 15.4 Å². The molecule has 122 valence electrons. The van der Waals surface area contributed by atoms with Gasteiger partial charge in [0.15, 0.2) is 0 Å². The van der Waals surface area contributed by atoms with E-state index in [0.717, 1.165) is 6.42 Å². The number of hydrogen-bond donors (Lipinski definition) is 2. The Bertz CT molecular complexity index is 519. The van der Waals surface area contributed by atoms with Crippen LogP contribution in [0.4, 0.5) is 11.4 Å². The lowest BCUT2D eigenvalue weighted by Crippen LogP contribution is -2.38. The molecule has 2 N–H and O–H groups in total. The Hall–Kier alpha value is -1.67. The van der Waals surface area contributed by atoms with Gasteiger partial charge in [0.25, 0.3) is 5.69 Å². The predicted octanol–water partition coefficient (Wildman–Crippen LogP) is 2.70. The normalized spacial score (nSPS) is 16.4. The van der Waals surface area contributed by atoms with Crippen molar-refractivity contribution in [3.63, 3.8) is 0 Å². The minimum atomic E-state index is -0.490. The highest BCUT2D eigenvalue weighted by Gasteiger charge is 2.19. The van der Waals surface area contributed by atoms with E-state index >= 15 is 0 Å². The fourth-order valence-corrected chi connectivity index (χ4v) is 2.26. The van der Waals surface area contributed by atoms with E-state index < -0.39 is 4.92 Å². The van der Waals surface area contributed by atoms with Crippen molar-refractivity contribution < 1.29 is 14.5 Å². The van der Waals surface area contributed by atoms with Crippen LogP contribution in [0.2, 0.25) is 0 Å². The zero-order chi connectivity index (χ0) is 16.5.